The van der Waals surface area contributed by atoms with Gasteiger partial charge in [-0.3, -0.25) is 9.80 Å². The quantitative estimate of drug-likeness (QED) is 0.668. The zero-order valence-corrected chi connectivity index (χ0v) is 16.3. The molecular formula is C22H26N2O2S. The maximum absolute atomic E-state index is 9.53. The molecule has 0 aliphatic carbocycles. The van der Waals surface area contributed by atoms with Crippen LogP contribution in [0.5, 0.6) is 0 Å². The summed E-state index contributed by atoms with van der Waals surface area (Å²) in [6, 6.07) is 17.2. The second kappa shape index (κ2) is 8.85. The van der Waals surface area contributed by atoms with Gasteiger partial charge in [0.15, 0.2) is 0 Å². The maximum Gasteiger partial charge on any atom is 0.133 e. The summed E-state index contributed by atoms with van der Waals surface area (Å²) in [6.45, 7) is 5.26. The van der Waals surface area contributed by atoms with Crippen molar-refractivity contribution in [3.05, 3.63) is 70.6 Å². The molecule has 0 bridgehead atoms. The number of hydrogen-bond donors (Lipinski definition) is 1. The average molecular weight is 383 g/mol. The zero-order valence-electron chi connectivity index (χ0n) is 15.5. The van der Waals surface area contributed by atoms with Crippen molar-refractivity contribution in [2.75, 3.05) is 26.2 Å². The zero-order chi connectivity index (χ0) is 18.5. The molecule has 4 rings (SSSR count). The van der Waals surface area contributed by atoms with Crippen LogP contribution in [0.2, 0.25) is 0 Å². The van der Waals surface area contributed by atoms with Crippen molar-refractivity contribution in [3.8, 4) is 11.3 Å². The number of nitrogens with zero attached hydrogens (tertiary/aromatic N) is 2. The largest absolute Gasteiger partial charge is 0.464 e. The highest BCUT2D eigenvalue weighted by atomic mass is 32.1. The first-order valence-corrected chi connectivity index (χ1v) is 10.4. The molecule has 5 heteroatoms. The molecule has 2 aromatic heterocycles. The number of aliphatic hydroxyl groups excluding tert-OH is 1. The molecule has 1 aliphatic heterocycles. The van der Waals surface area contributed by atoms with Gasteiger partial charge < -0.3 is 9.52 Å². The van der Waals surface area contributed by atoms with Gasteiger partial charge in [0.25, 0.3) is 0 Å². The van der Waals surface area contributed by atoms with E-state index >= 15 is 0 Å². The molecule has 1 N–H and O–H groups in total. The van der Waals surface area contributed by atoms with Crippen molar-refractivity contribution in [3.63, 3.8) is 0 Å². The standard InChI is InChI=1S/C22H26N2O2S/c25-11-8-20-16-23(9-10-24(20)17-21-6-3-13-27-21)15-18-4-1-5-19(14-18)22-7-2-12-26-22/h1-7,12-14,20,25H,8-11,15-17H2. The van der Waals surface area contributed by atoms with Crippen molar-refractivity contribution in [1.82, 2.24) is 9.80 Å². The van der Waals surface area contributed by atoms with E-state index in [0.717, 1.165) is 50.5 Å². The number of benzene rings is 1. The summed E-state index contributed by atoms with van der Waals surface area (Å²) in [5.41, 5.74) is 2.43. The van der Waals surface area contributed by atoms with Crippen LogP contribution in [0.4, 0.5) is 0 Å². The molecule has 4 nitrogen and oxygen atoms in total. The van der Waals surface area contributed by atoms with Crippen LogP contribution in [0, 0.1) is 0 Å². The molecule has 0 spiro atoms. The van der Waals surface area contributed by atoms with E-state index in [1.807, 2.05) is 23.5 Å². The lowest BCUT2D eigenvalue weighted by Crippen LogP contribution is -2.52. The Balaban J connectivity index is 1.41. The molecular weight excluding hydrogens is 356 g/mol. The molecule has 3 heterocycles. The van der Waals surface area contributed by atoms with Crippen molar-refractivity contribution in [2.24, 2.45) is 0 Å². The predicted octanol–water partition coefficient (Wildman–Crippen LogP) is 4.08. The SMILES string of the molecule is OCCC1CN(Cc2cccc(-c3ccco3)c2)CCN1Cc1cccs1. The fraction of sp³-hybridized carbons (Fsp3) is 0.364. The van der Waals surface area contributed by atoms with Gasteiger partial charge in [0.2, 0.25) is 0 Å². The Morgan fingerprint density at radius 1 is 1.07 bits per heavy atom. The van der Waals surface area contributed by atoms with Crippen LogP contribution in [0.25, 0.3) is 11.3 Å². The Bertz CT molecular complexity index is 817. The summed E-state index contributed by atoms with van der Waals surface area (Å²) in [5, 5.41) is 11.7. The minimum atomic E-state index is 0.243. The van der Waals surface area contributed by atoms with Crippen LogP contribution in [0.15, 0.2) is 64.6 Å². The van der Waals surface area contributed by atoms with E-state index in [9.17, 15) is 5.11 Å². The van der Waals surface area contributed by atoms with Gasteiger partial charge >= 0.3 is 0 Å². The van der Waals surface area contributed by atoms with E-state index in [2.05, 4.69) is 51.6 Å². The molecule has 0 saturated carbocycles. The summed E-state index contributed by atoms with van der Waals surface area (Å²) in [6.07, 6.45) is 2.54. The van der Waals surface area contributed by atoms with E-state index in [1.54, 1.807) is 6.26 Å². The lowest BCUT2D eigenvalue weighted by Gasteiger charge is -2.41. The van der Waals surface area contributed by atoms with Crippen LogP contribution in [0.1, 0.15) is 16.9 Å². The van der Waals surface area contributed by atoms with Gasteiger partial charge in [-0.05, 0) is 41.6 Å². The molecule has 3 aromatic rings. The summed E-state index contributed by atoms with van der Waals surface area (Å²) < 4.78 is 5.53. The van der Waals surface area contributed by atoms with Gasteiger partial charge in [-0.15, -0.1) is 11.3 Å². The number of furan rings is 1. The highest BCUT2D eigenvalue weighted by Crippen LogP contribution is 2.23. The fourth-order valence-corrected chi connectivity index (χ4v) is 4.59. The first-order valence-electron chi connectivity index (χ1n) is 9.54. The van der Waals surface area contributed by atoms with E-state index in [0.29, 0.717) is 6.04 Å². The first-order chi connectivity index (χ1) is 13.3. The Hall–Kier alpha value is -1.92. The smallest absolute Gasteiger partial charge is 0.133 e. The summed E-state index contributed by atoms with van der Waals surface area (Å²) in [4.78, 5) is 6.43. The van der Waals surface area contributed by atoms with Crippen LogP contribution in [-0.4, -0.2) is 47.2 Å². The fourth-order valence-electron chi connectivity index (χ4n) is 3.86. The lowest BCUT2D eigenvalue weighted by molar-refractivity contribution is 0.0506. The monoisotopic (exact) mass is 382 g/mol. The summed E-state index contributed by atoms with van der Waals surface area (Å²) in [7, 11) is 0. The first kappa shape index (κ1) is 18.4. The molecule has 1 saturated heterocycles. The van der Waals surface area contributed by atoms with E-state index in [4.69, 9.17) is 4.42 Å². The third kappa shape index (κ3) is 4.68. The third-order valence-electron chi connectivity index (χ3n) is 5.23. The Kier molecular flexibility index (Phi) is 6.04. The van der Waals surface area contributed by atoms with Gasteiger partial charge in [0, 0.05) is 55.8 Å². The lowest BCUT2D eigenvalue weighted by atomic mass is 10.1. The number of aliphatic hydroxyl groups is 1. The highest BCUT2D eigenvalue weighted by Gasteiger charge is 2.26. The number of thiophene rings is 1. The van der Waals surface area contributed by atoms with E-state index < -0.39 is 0 Å². The van der Waals surface area contributed by atoms with Crippen molar-refractivity contribution in [2.45, 2.75) is 25.6 Å². The number of piperazine rings is 1. The van der Waals surface area contributed by atoms with Gasteiger partial charge in [0.1, 0.15) is 5.76 Å². The molecule has 0 amide bonds. The second-order valence-corrected chi connectivity index (χ2v) is 8.16. The molecule has 27 heavy (non-hydrogen) atoms. The Morgan fingerprint density at radius 2 is 2.04 bits per heavy atom. The molecule has 1 aromatic carbocycles. The van der Waals surface area contributed by atoms with Crippen molar-refractivity contribution < 1.29 is 9.52 Å². The highest BCUT2D eigenvalue weighted by molar-refractivity contribution is 7.09. The van der Waals surface area contributed by atoms with Crippen LogP contribution in [-0.2, 0) is 13.1 Å². The van der Waals surface area contributed by atoms with E-state index in [1.165, 1.54) is 10.4 Å². The van der Waals surface area contributed by atoms with Crippen LogP contribution < -0.4 is 0 Å². The van der Waals surface area contributed by atoms with Gasteiger partial charge in [-0.1, -0.05) is 24.3 Å². The minimum absolute atomic E-state index is 0.243. The maximum atomic E-state index is 9.53. The number of rotatable bonds is 7. The third-order valence-corrected chi connectivity index (χ3v) is 6.09. The summed E-state index contributed by atoms with van der Waals surface area (Å²) >= 11 is 1.81. The molecule has 1 unspecified atom stereocenters. The Morgan fingerprint density at radius 3 is 2.81 bits per heavy atom. The van der Waals surface area contributed by atoms with Crippen molar-refractivity contribution >= 4 is 11.3 Å². The minimum Gasteiger partial charge on any atom is -0.464 e. The Labute approximate surface area is 164 Å². The van der Waals surface area contributed by atoms with Gasteiger partial charge in [-0.2, -0.15) is 0 Å². The second-order valence-electron chi connectivity index (χ2n) is 7.13. The molecule has 142 valence electrons. The summed E-state index contributed by atoms with van der Waals surface area (Å²) in [5.74, 6) is 0.913. The van der Waals surface area contributed by atoms with E-state index in [-0.39, 0.29) is 6.61 Å². The molecule has 0 radical (unpaired) electrons. The number of hydrogen-bond acceptors (Lipinski definition) is 5. The normalized spacial score (nSPS) is 18.8. The average Bonchev–Trinajstić information content (AvgIpc) is 3.38. The van der Waals surface area contributed by atoms with Crippen LogP contribution >= 0.6 is 11.3 Å². The van der Waals surface area contributed by atoms with Crippen molar-refractivity contribution in [1.29, 1.82) is 0 Å². The predicted molar refractivity (Wildman–Crippen MR) is 110 cm³/mol. The van der Waals surface area contributed by atoms with Gasteiger partial charge in [-0.25, -0.2) is 0 Å². The van der Waals surface area contributed by atoms with Gasteiger partial charge in [0.05, 0.1) is 6.26 Å². The molecule has 1 atom stereocenters. The molecule has 1 fully saturated rings. The topological polar surface area (TPSA) is 39.9 Å². The van der Waals surface area contributed by atoms with Crippen LogP contribution in [0.3, 0.4) is 0 Å². The molecule has 1 aliphatic rings.